The van der Waals surface area contributed by atoms with E-state index in [1.165, 1.54) is 18.4 Å². The summed E-state index contributed by atoms with van der Waals surface area (Å²) in [6, 6.07) is 5.99. The first-order valence-electron chi connectivity index (χ1n) is 3.89. The molecule has 2 rings (SSSR count). The summed E-state index contributed by atoms with van der Waals surface area (Å²) in [5.41, 5.74) is 2.48. The predicted molar refractivity (Wildman–Crippen MR) is 47.9 cm³/mol. The van der Waals surface area contributed by atoms with Crippen LogP contribution in [-0.2, 0) is 0 Å². The van der Waals surface area contributed by atoms with Crippen LogP contribution in [0.1, 0.15) is 29.9 Å². The van der Waals surface area contributed by atoms with Gasteiger partial charge in [0, 0.05) is 5.02 Å². The Morgan fingerprint density at radius 3 is 2.64 bits per heavy atom. The van der Waals surface area contributed by atoms with E-state index in [4.69, 9.17) is 11.6 Å². The zero-order chi connectivity index (χ0) is 7.84. The van der Waals surface area contributed by atoms with Crippen molar-refractivity contribution in [2.45, 2.75) is 18.8 Å². The van der Waals surface area contributed by atoms with Gasteiger partial charge in [-0.05, 0) is 48.9 Å². The third-order valence-corrected chi connectivity index (χ3v) is 2.36. The van der Waals surface area contributed by atoms with Crippen LogP contribution in [0.4, 0.5) is 0 Å². The van der Waals surface area contributed by atoms with Crippen LogP contribution in [-0.4, -0.2) is 0 Å². The van der Waals surface area contributed by atoms with E-state index in [1.807, 2.05) is 12.1 Å². The van der Waals surface area contributed by atoms with Gasteiger partial charge in [-0.25, -0.2) is 0 Å². The zero-order valence-corrected chi connectivity index (χ0v) is 7.06. The van der Waals surface area contributed by atoms with Gasteiger partial charge in [-0.2, -0.15) is 0 Å². The molecule has 0 nitrogen and oxygen atoms in total. The second-order valence-electron chi connectivity index (χ2n) is 3.12. The van der Waals surface area contributed by atoms with Crippen molar-refractivity contribution in [1.29, 1.82) is 0 Å². The van der Waals surface area contributed by atoms with Crippen LogP contribution in [0.15, 0.2) is 18.2 Å². The van der Waals surface area contributed by atoms with Crippen LogP contribution in [0.25, 0.3) is 0 Å². The highest BCUT2D eigenvalue weighted by Crippen LogP contribution is 2.41. The minimum atomic E-state index is 0.778. The summed E-state index contributed by atoms with van der Waals surface area (Å²) in [5.74, 6) is 0.778. The normalized spacial score (nSPS) is 16.9. The lowest BCUT2D eigenvalue weighted by atomic mass is 10.1. The molecule has 0 N–H and O–H groups in total. The van der Waals surface area contributed by atoms with Crippen molar-refractivity contribution in [2.24, 2.45) is 0 Å². The number of hydrogen-bond donors (Lipinski definition) is 0. The van der Waals surface area contributed by atoms with Crippen LogP contribution in [0.3, 0.4) is 0 Å². The molecule has 0 aliphatic heterocycles. The molecule has 1 fully saturated rings. The van der Waals surface area contributed by atoms with Crippen molar-refractivity contribution in [3.63, 3.8) is 0 Å². The molecule has 1 aromatic carbocycles. The Labute approximate surface area is 72.2 Å². The smallest absolute Gasteiger partial charge is 0.0408 e. The molecular weight excluding hydrogens is 156 g/mol. The van der Waals surface area contributed by atoms with E-state index in [-0.39, 0.29) is 0 Å². The first kappa shape index (κ1) is 7.17. The van der Waals surface area contributed by atoms with E-state index in [0.29, 0.717) is 0 Å². The summed E-state index contributed by atoms with van der Waals surface area (Å²) in [5, 5.41) is 0.791. The van der Waals surface area contributed by atoms with Gasteiger partial charge in [0.05, 0.1) is 0 Å². The maximum absolute atomic E-state index is 5.80. The van der Waals surface area contributed by atoms with Gasteiger partial charge >= 0.3 is 0 Å². The topological polar surface area (TPSA) is 0 Å². The standard InChI is InChI=1S/C10H10Cl/c1-7-6-9(11)4-5-10(7)8-2-3-8/h4-6,8H,1-3H2. The lowest BCUT2D eigenvalue weighted by Crippen LogP contribution is -1.84. The van der Waals surface area contributed by atoms with Gasteiger partial charge in [0.2, 0.25) is 0 Å². The quantitative estimate of drug-likeness (QED) is 0.599. The lowest BCUT2D eigenvalue weighted by molar-refractivity contribution is 1.12. The molecule has 1 aliphatic rings. The van der Waals surface area contributed by atoms with Crippen LogP contribution < -0.4 is 0 Å². The number of halogens is 1. The number of benzene rings is 1. The van der Waals surface area contributed by atoms with Crippen LogP contribution in [0, 0.1) is 6.92 Å². The molecule has 1 radical (unpaired) electrons. The van der Waals surface area contributed by atoms with E-state index < -0.39 is 0 Å². The molecule has 1 aromatic rings. The highest BCUT2D eigenvalue weighted by atomic mass is 35.5. The highest BCUT2D eigenvalue weighted by Gasteiger charge is 2.24. The van der Waals surface area contributed by atoms with Crippen molar-refractivity contribution in [3.05, 3.63) is 41.3 Å². The number of hydrogen-bond acceptors (Lipinski definition) is 0. The van der Waals surface area contributed by atoms with Gasteiger partial charge in [0.15, 0.2) is 0 Å². The van der Waals surface area contributed by atoms with E-state index in [2.05, 4.69) is 13.0 Å². The van der Waals surface area contributed by atoms with Crippen molar-refractivity contribution in [1.82, 2.24) is 0 Å². The Bertz CT molecular complexity index is 274. The first-order chi connectivity index (χ1) is 5.27. The van der Waals surface area contributed by atoms with Gasteiger partial charge in [0.1, 0.15) is 0 Å². The van der Waals surface area contributed by atoms with Crippen LogP contribution in [0.5, 0.6) is 0 Å². The minimum Gasteiger partial charge on any atom is -0.0843 e. The van der Waals surface area contributed by atoms with Gasteiger partial charge in [-0.3, -0.25) is 0 Å². The third kappa shape index (κ3) is 1.41. The third-order valence-electron chi connectivity index (χ3n) is 2.12. The summed E-state index contributed by atoms with van der Waals surface area (Å²) in [6.45, 7) is 3.96. The molecule has 11 heavy (non-hydrogen) atoms. The SMILES string of the molecule is [CH2]c1cc(Cl)ccc1C1CC1. The van der Waals surface area contributed by atoms with Crippen molar-refractivity contribution in [2.75, 3.05) is 0 Å². The molecular formula is C10H10Cl. The Morgan fingerprint density at radius 2 is 2.09 bits per heavy atom. The second kappa shape index (κ2) is 2.53. The fraction of sp³-hybridized carbons (Fsp3) is 0.300. The molecule has 1 aliphatic carbocycles. The van der Waals surface area contributed by atoms with Gasteiger partial charge in [-0.15, -0.1) is 0 Å². The van der Waals surface area contributed by atoms with E-state index in [9.17, 15) is 0 Å². The molecule has 0 unspecified atom stereocenters. The van der Waals surface area contributed by atoms with Gasteiger partial charge in [-0.1, -0.05) is 17.7 Å². The molecule has 0 amide bonds. The molecule has 0 heterocycles. The Hall–Kier alpha value is -0.490. The monoisotopic (exact) mass is 165 g/mol. The Kier molecular flexibility index (Phi) is 1.65. The van der Waals surface area contributed by atoms with E-state index in [0.717, 1.165) is 16.5 Å². The fourth-order valence-electron chi connectivity index (χ4n) is 1.37. The minimum absolute atomic E-state index is 0.778. The molecule has 0 saturated heterocycles. The fourth-order valence-corrected chi connectivity index (χ4v) is 1.56. The second-order valence-corrected chi connectivity index (χ2v) is 3.55. The van der Waals surface area contributed by atoms with Crippen LogP contribution >= 0.6 is 11.6 Å². The predicted octanol–water partition coefficient (Wildman–Crippen LogP) is 3.40. The maximum Gasteiger partial charge on any atom is 0.0408 e. The summed E-state index contributed by atoms with van der Waals surface area (Å²) in [6.07, 6.45) is 2.65. The summed E-state index contributed by atoms with van der Waals surface area (Å²) in [7, 11) is 0. The average Bonchev–Trinajstić information content (AvgIpc) is 2.70. The lowest BCUT2D eigenvalue weighted by Gasteiger charge is -2.02. The average molecular weight is 166 g/mol. The molecule has 0 bridgehead atoms. The molecule has 0 aromatic heterocycles. The van der Waals surface area contributed by atoms with Crippen molar-refractivity contribution >= 4 is 11.6 Å². The van der Waals surface area contributed by atoms with Crippen molar-refractivity contribution < 1.29 is 0 Å². The van der Waals surface area contributed by atoms with E-state index >= 15 is 0 Å². The highest BCUT2D eigenvalue weighted by molar-refractivity contribution is 6.30. The first-order valence-corrected chi connectivity index (χ1v) is 4.26. The summed E-state index contributed by atoms with van der Waals surface area (Å²) in [4.78, 5) is 0. The summed E-state index contributed by atoms with van der Waals surface area (Å²) >= 11 is 5.80. The van der Waals surface area contributed by atoms with Crippen molar-refractivity contribution in [3.8, 4) is 0 Å². The molecule has 1 saturated carbocycles. The Balaban J connectivity index is 2.39. The molecule has 57 valence electrons. The zero-order valence-electron chi connectivity index (χ0n) is 6.31. The maximum atomic E-state index is 5.80. The summed E-state index contributed by atoms with van der Waals surface area (Å²) < 4.78 is 0. The van der Waals surface area contributed by atoms with Gasteiger partial charge in [0.25, 0.3) is 0 Å². The number of rotatable bonds is 1. The largest absolute Gasteiger partial charge is 0.0843 e. The molecule has 0 spiro atoms. The van der Waals surface area contributed by atoms with Crippen LogP contribution in [0.2, 0.25) is 5.02 Å². The Morgan fingerprint density at radius 1 is 1.36 bits per heavy atom. The van der Waals surface area contributed by atoms with Gasteiger partial charge < -0.3 is 0 Å². The molecule has 0 atom stereocenters. The van der Waals surface area contributed by atoms with E-state index in [1.54, 1.807) is 0 Å². The molecule has 1 heteroatoms.